The second kappa shape index (κ2) is 25.1. The molecule has 17 nitrogen and oxygen atoms in total. The van der Waals surface area contributed by atoms with Gasteiger partial charge in [0.2, 0.25) is 35.5 Å². The molecule has 4 atom stereocenters. The highest BCUT2D eigenvalue weighted by Crippen LogP contribution is 2.36. The number of hydrogen-bond donors (Lipinski definition) is 6. The number of amides is 5. The van der Waals surface area contributed by atoms with Crippen molar-refractivity contribution in [1.29, 1.82) is 0 Å². The molecule has 5 amide bonds. The Morgan fingerprint density at radius 3 is 2.34 bits per heavy atom. The maximum absolute atomic E-state index is 13.9. The van der Waals surface area contributed by atoms with Crippen LogP contribution in [0.15, 0.2) is 103 Å². The van der Waals surface area contributed by atoms with Crippen LogP contribution in [0.5, 0.6) is 5.75 Å². The number of aliphatic hydroxyl groups is 1. The Hall–Kier alpha value is -7.28. The highest BCUT2D eigenvalue weighted by atomic mass is 35.5. The van der Waals surface area contributed by atoms with Crippen LogP contribution < -0.4 is 31.3 Å². The van der Waals surface area contributed by atoms with E-state index < -0.39 is 41.5 Å². The normalized spacial score (nSPS) is 15.2. The average Bonchev–Trinajstić information content (AvgIpc) is 4.00. The number of benzene rings is 3. The fourth-order valence-corrected chi connectivity index (χ4v) is 9.62. The third kappa shape index (κ3) is 14.7. The first-order valence-electron chi connectivity index (χ1n) is 24.6. The molecule has 0 spiro atoms. The smallest absolute Gasteiger partial charge is 0.246 e. The van der Waals surface area contributed by atoms with Gasteiger partial charge in [-0.15, -0.1) is 11.3 Å². The number of aromatic nitrogens is 4. The number of β-amino-alcohol motifs (C(OH)–C–C–N with tert-alkyl or cyclic N) is 1. The summed E-state index contributed by atoms with van der Waals surface area (Å²) >= 11 is 8.07. The number of rotatable bonds is 21. The van der Waals surface area contributed by atoms with E-state index in [1.54, 1.807) is 17.8 Å². The molecule has 3 aromatic carbocycles. The lowest BCUT2D eigenvalue weighted by Gasteiger charge is -2.35. The maximum atomic E-state index is 13.9. The van der Waals surface area contributed by atoms with Crippen LogP contribution in [0.2, 0.25) is 5.02 Å². The standard InChI is InChI=1S/C55H63ClN10O7S/c1-33(61-52(71)45-27-42(68)31-66(45)53(72)51(55(4,5)6)62-35(3)67)43-19-18-39(50-34(2)60-32-74-50)25-46(43)73-23-12-8-11-22-58-47(69)20-21-48(70)63-40-26-41(29-57-28-40)64-54-59-30-44(56)49(65-54)38-17-13-16-37(24-38)36-14-9-7-10-15-36/h7,9-10,13-19,24-26,28-30,32-33,42,45,51,68H,8,11-12,20-23,27,31H2,1-6H3,(H,58,69)(H,61,71)(H,62,67)(H,63,70)(H,59,64,65)/t33-,42+,45-,51+/m0/s1. The highest BCUT2D eigenvalue weighted by Gasteiger charge is 2.44. The Morgan fingerprint density at radius 2 is 1.59 bits per heavy atom. The number of carbonyl (C=O) groups is 5. The summed E-state index contributed by atoms with van der Waals surface area (Å²) in [6.07, 6.45) is 5.88. The lowest BCUT2D eigenvalue weighted by molar-refractivity contribution is -0.144. The Kier molecular flexibility index (Phi) is 18.5. The van der Waals surface area contributed by atoms with Crippen molar-refractivity contribution in [2.45, 2.75) is 104 Å². The Balaban J connectivity index is 0.860. The number of carbonyl (C=O) groups excluding carboxylic acids is 5. The molecule has 1 saturated heterocycles. The number of halogens is 1. The molecule has 0 radical (unpaired) electrons. The van der Waals surface area contributed by atoms with Gasteiger partial charge in [0.15, 0.2) is 0 Å². The summed E-state index contributed by atoms with van der Waals surface area (Å²) < 4.78 is 6.38. The van der Waals surface area contributed by atoms with E-state index in [9.17, 15) is 29.1 Å². The lowest BCUT2D eigenvalue weighted by Crippen LogP contribution is -2.57. The van der Waals surface area contributed by atoms with Crippen LogP contribution in [0, 0.1) is 12.3 Å². The van der Waals surface area contributed by atoms with E-state index >= 15 is 0 Å². The van der Waals surface area contributed by atoms with Gasteiger partial charge in [-0.1, -0.05) is 93.0 Å². The number of anilines is 3. The zero-order valence-corrected chi connectivity index (χ0v) is 44.0. The van der Waals surface area contributed by atoms with E-state index in [1.807, 2.05) is 107 Å². The van der Waals surface area contributed by atoms with Gasteiger partial charge in [-0.2, -0.15) is 0 Å². The molecule has 6 aromatic rings. The number of aliphatic hydroxyl groups excluding tert-OH is 1. The molecule has 0 aliphatic carbocycles. The average molecular weight is 1040 g/mol. The minimum absolute atomic E-state index is 0.00439. The van der Waals surface area contributed by atoms with Crippen molar-refractivity contribution < 1.29 is 33.8 Å². The monoisotopic (exact) mass is 1040 g/mol. The second-order valence-electron chi connectivity index (χ2n) is 19.4. The van der Waals surface area contributed by atoms with Gasteiger partial charge in [0.1, 0.15) is 17.8 Å². The summed E-state index contributed by atoms with van der Waals surface area (Å²) in [5.41, 5.74) is 8.13. The van der Waals surface area contributed by atoms with Crippen LogP contribution in [0.3, 0.4) is 0 Å². The van der Waals surface area contributed by atoms with E-state index in [0.717, 1.165) is 44.8 Å². The van der Waals surface area contributed by atoms with Crippen molar-refractivity contribution >= 4 is 69.8 Å². The van der Waals surface area contributed by atoms with Gasteiger partial charge in [0, 0.05) is 50.4 Å². The van der Waals surface area contributed by atoms with E-state index in [2.05, 4.69) is 46.5 Å². The Morgan fingerprint density at radius 1 is 0.851 bits per heavy atom. The van der Waals surface area contributed by atoms with Gasteiger partial charge in [-0.3, -0.25) is 29.0 Å². The fourth-order valence-electron chi connectivity index (χ4n) is 8.61. The predicted octanol–water partition coefficient (Wildman–Crippen LogP) is 8.81. The quantitative estimate of drug-likeness (QED) is 0.0372. The zero-order chi connectivity index (χ0) is 52.9. The molecule has 0 saturated carbocycles. The first kappa shape index (κ1) is 54.5. The Bertz CT molecular complexity index is 2950. The van der Waals surface area contributed by atoms with Crippen LogP contribution in [-0.4, -0.2) is 97.4 Å². The molecule has 1 fully saturated rings. The number of thiazole rings is 1. The summed E-state index contributed by atoms with van der Waals surface area (Å²) in [4.78, 5) is 85.4. The van der Waals surface area contributed by atoms with Gasteiger partial charge in [0.25, 0.3) is 0 Å². The van der Waals surface area contributed by atoms with Crippen molar-refractivity contribution in [3.63, 3.8) is 0 Å². The summed E-state index contributed by atoms with van der Waals surface area (Å²) in [6, 6.07) is 23.1. The number of aryl methyl sites for hydroxylation is 1. The number of nitrogens with one attached hydrogen (secondary N) is 5. The van der Waals surface area contributed by atoms with Gasteiger partial charge < -0.3 is 41.3 Å². The number of likely N-dealkylation sites (tertiary alicyclic amines) is 1. The largest absolute Gasteiger partial charge is 0.493 e. The third-order valence-electron chi connectivity index (χ3n) is 12.4. The fraction of sp³-hybridized carbons (Fsp3) is 0.364. The molecule has 388 valence electrons. The number of nitrogens with zero attached hydrogens (tertiary/aromatic N) is 5. The van der Waals surface area contributed by atoms with Crippen LogP contribution in [0.25, 0.3) is 32.8 Å². The molecule has 6 N–H and O–H groups in total. The van der Waals surface area contributed by atoms with Crippen molar-refractivity contribution in [2.24, 2.45) is 5.41 Å². The lowest BCUT2D eigenvalue weighted by atomic mass is 9.85. The second-order valence-corrected chi connectivity index (χ2v) is 20.6. The number of pyridine rings is 1. The molecular formula is C55H63ClN10O7S. The summed E-state index contributed by atoms with van der Waals surface area (Å²) in [7, 11) is 0. The van der Waals surface area contributed by atoms with Crippen molar-refractivity contribution in [3.05, 3.63) is 119 Å². The molecular weight excluding hydrogens is 980 g/mol. The minimum Gasteiger partial charge on any atom is -0.493 e. The number of unbranched alkanes of at least 4 members (excludes halogenated alkanes) is 2. The van der Waals surface area contributed by atoms with Crippen LogP contribution in [0.4, 0.5) is 17.3 Å². The van der Waals surface area contributed by atoms with E-state index in [4.69, 9.17) is 16.3 Å². The molecule has 0 unspecified atom stereocenters. The van der Waals surface area contributed by atoms with Crippen LogP contribution >= 0.6 is 22.9 Å². The van der Waals surface area contributed by atoms with Crippen molar-refractivity contribution in [3.8, 4) is 38.6 Å². The van der Waals surface area contributed by atoms with E-state index in [1.165, 1.54) is 35.6 Å². The van der Waals surface area contributed by atoms with Crippen LogP contribution in [-0.2, 0) is 24.0 Å². The van der Waals surface area contributed by atoms with Gasteiger partial charge in [-0.25, -0.2) is 15.0 Å². The van der Waals surface area contributed by atoms with Crippen molar-refractivity contribution in [1.82, 2.24) is 40.8 Å². The minimum atomic E-state index is -0.938. The van der Waals surface area contributed by atoms with Crippen LogP contribution in [0.1, 0.15) is 90.4 Å². The van der Waals surface area contributed by atoms with Crippen molar-refractivity contribution in [2.75, 3.05) is 30.3 Å². The molecule has 19 heteroatoms. The summed E-state index contributed by atoms with van der Waals surface area (Å²) in [6.45, 7) is 11.4. The van der Waals surface area contributed by atoms with Gasteiger partial charge >= 0.3 is 0 Å². The zero-order valence-electron chi connectivity index (χ0n) is 42.4. The third-order valence-corrected chi connectivity index (χ3v) is 13.7. The van der Waals surface area contributed by atoms with Gasteiger partial charge in [-0.05, 0) is 73.4 Å². The summed E-state index contributed by atoms with van der Waals surface area (Å²) in [5, 5.41) is 25.6. The number of ether oxygens (including phenoxy) is 1. The number of hydrogen-bond acceptors (Lipinski definition) is 13. The first-order valence-corrected chi connectivity index (χ1v) is 25.9. The predicted molar refractivity (Wildman–Crippen MR) is 288 cm³/mol. The molecule has 1 aliphatic rings. The highest BCUT2D eigenvalue weighted by molar-refractivity contribution is 7.13. The molecule has 4 heterocycles. The molecule has 7 rings (SSSR count). The Labute approximate surface area is 440 Å². The summed E-state index contributed by atoms with van der Waals surface area (Å²) in [5.74, 6) is -0.930. The maximum Gasteiger partial charge on any atom is 0.246 e. The van der Waals surface area contributed by atoms with E-state index in [-0.39, 0.29) is 43.5 Å². The van der Waals surface area contributed by atoms with Gasteiger partial charge in [0.05, 0.1) is 75.5 Å². The van der Waals surface area contributed by atoms with E-state index in [0.29, 0.717) is 59.8 Å². The molecule has 1 aliphatic heterocycles. The SMILES string of the molecule is CC(=O)N[C@H](C(=O)N1C[C@H](O)C[C@H]1C(=O)N[C@@H](C)c1ccc(-c2scnc2C)cc1OCCCCCNC(=O)CCC(=O)Nc1cncc(Nc2ncc(Cl)c(-c3cccc(-c4ccccc4)c3)n2)c1)C(C)(C)C. The molecule has 3 aromatic heterocycles. The molecule has 74 heavy (non-hydrogen) atoms. The molecule has 0 bridgehead atoms. The topological polar surface area (TPSA) is 230 Å². The first-order chi connectivity index (χ1) is 35.4.